The van der Waals surface area contributed by atoms with Crippen molar-refractivity contribution in [3.8, 4) is 0 Å². The summed E-state index contributed by atoms with van der Waals surface area (Å²) in [6, 6.07) is 14.4. The number of benzene rings is 2. The summed E-state index contributed by atoms with van der Waals surface area (Å²) >= 11 is 0. The van der Waals surface area contributed by atoms with Gasteiger partial charge >= 0.3 is 0 Å². The monoisotopic (exact) mass is 282 g/mol. The number of anilines is 1. The van der Waals surface area contributed by atoms with Gasteiger partial charge in [0.15, 0.2) is 0 Å². The molecule has 0 aliphatic carbocycles. The molecule has 1 aromatic heterocycles. The number of para-hydroxylation sites is 1. The quantitative estimate of drug-likeness (QED) is 0.697. The van der Waals surface area contributed by atoms with Gasteiger partial charge in [0.25, 0.3) is 0 Å². The highest BCUT2D eigenvalue weighted by atomic mass is 16.3. The van der Waals surface area contributed by atoms with Gasteiger partial charge in [0.05, 0.1) is 0 Å². The van der Waals surface area contributed by atoms with E-state index in [1.807, 2.05) is 24.3 Å². The zero-order valence-electron chi connectivity index (χ0n) is 12.9. The maximum Gasteiger partial charge on any atom is 0.135 e. The Balaban J connectivity index is 1.76. The summed E-state index contributed by atoms with van der Waals surface area (Å²) in [5.74, 6) is 0. The molecule has 0 amide bonds. The van der Waals surface area contributed by atoms with Crippen LogP contribution in [0.15, 0.2) is 46.9 Å². The van der Waals surface area contributed by atoms with E-state index in [2.05, 4.69) is 49.6 Å². The van der Waals surface area contributed by atoms with Crippen molar-refractivity contribution < 1.29 is 4.42 Å². The molecule has 0 saturated heterocycles. The molecule has 0 unspecified atom stereocenters. The molecule has 0 aliphatic rings. The summed E-state index contributed by atoms with van der Waals surface area (Å²) in [5, 5.41) is 9.27. The minimum atomic E-state index is 0.159. The number of fused-ring (bicyclic) bond motifs is 3. The molecule has 0 atom stereocenters. The molecule has 3 rings (SSSR count). The maximum atomic E-state index is 5.84. The lowest BCUT2D eigenvalue weighted by Gasteiger charge is -2.20. The van der Waals surface area contributed by atoms with E-state index in [0.717, 1.165) is 29.9 Å². The fraction of sp³-hybridized carbons (Fsp3) is 0.333. The van der Waals surface area contributed by atoms with Crippen molar-refractivity contribution in [2.45, 2.75) is 26.3 Å². The van der Waals surface area contributed by atoms with Crippen molar-refractivity contribution in [2.24, 2.45) is 0 Å². The molecule has 3 aromatic rings. The lowest BCUT2D eigenvalue weighted by Crippen LogP contribution is -2.38. The predicted molar refractivity (Wildman–Crippen MR) is 90.0 cm³/mol. The molecule has 3 nitrogen and oxygen atoms in total. The van der Waals surface area contributed by atoms with Crippen LogP contribution in [0.2, 0.25) is 0 Å². The molecular formula is C18H22N2O. The third-order valence-corrected chi connectivity index (χ3v) is 3.49. The Hall–Kier alpha value is -2.00. The summed E-state index contributed by atoms with van der Waals surface area (Å²) < 4.78 is 5.84. The first-order valence-electron chi connectivity index (χ1n) is 7.43. The third-order valence-electron chi connectivity index (χ3n) is 3.49. The predicted octanol–water partition coefficient (Wildman–Crippen LogP) is 4.39. The maximum absolute atomic E-state index is 5.84. The first-order chi connectivity index (χ1) is 10.0. The molecule has 0 saturated carbocycles. The van der Waals surface area contributed by atoms with Crippen LogP contribution in [0.5, 0.6) is 0 Å². The second-order valence-corrected chi connectivity index (χ2v) is 6.41. The van der Waals surface area contributed by atoms with Gasteiger partial charge in [-0.15, -0.1) is 0 Å². The van der Waals surface area contributed by atoms with E-state index < -0.39 is 0 Å². The lowest BCUT2D eigenvalue weighted by molar-refractivity contribution is 0.435. The van der Waals surface area contributed by atoms with Gasteiger partial charge in [-0.3, -0.25) is 0 Å². The number of rotatable bonds is 4. The SMILES string of the molecule is CC(C)(C)NCCNc1ccc2oc3ccccc3c2c1. The standard InChI is InChI=1S/C18H22N2O/c1-18(2,3)20-11-10-19-13-8-9-17-15(12-13)14-6-4-5-7-16(14)21-17/h4-9,12,19-20H,10-11H2,1-3H3. The van der Waals surface area contributed by atoms with Gasteiger partial charge in [-0.05, 0) is 45.0 Å². The molecule has 2 N–H and O–H groups in total. The van der Waals surface area contributed by atoms with Gasteiger partial charge in [-0.2, -0.15) is 0 Å². The lowest BCUT2D eigenvalue weighted by atomic mass is 10.1. The van der Waals surface area contributed by atoms with Gasteiger partial charge in [0.2, 0.25) is 0 Å². The first-order valence-corrected chi connectivity index (χ1v) is 7.43. The molecule has 2 aromatic carbocycles. The molecule has 0 bridgehead atoms. The summed E-state index contributed by atoms with van der Waals surface area (Å²) in [6.07, 6.45) is 0. The van der Waals surface area contributed by atoms with Crippen LogP contribution in [-0.4, -0.2) is 18.6 Å². The summed E-state index contributed by atoms with van der Waals surface area (Å²) in [7, 11) is 0. The number of hydrogen-bond donors (Lipinski definition) is 2. The van der Waals surface area contributed by atoms with Gasteiger partial charge in [0, 0.05) is 35.1 Å². The molecule has 0 aliphatic heterocycles. The van der Waals surface area contributed by atoms with Crippen LogP contribution in [-0.2, 0) is 0 Å². The van der Waals surface area contributed by atoms with Crippen LogP contribution in [0.1, 0.15) is 20.8 Å². The van der Waals surface area contributed by atoms with Crippen molar-refractivity contribution in [1.29, 1.82) is 0 Å². The fourth-order valence-corrected chi connectivity index (χ4v) is 2.48. The summed E-state index contributed by atoms with van der Waals surface area (Å²) in [5.41, 5.74) is 3.17. The van der Waals surface area contributed by atoms with Crippen molar-refractivity contribution in [3.63, 3.8) is 0 Å². The van der Waals surface area contributed by atoms with E-state index >= 15 is 0 Å². The van der Waals surface area contributed by atoms with Crippen LogP contribution in [0.4, 0.5) is 5.69 Å². The van der Waals surface area contributed by atoms with E-state index in [4.69, 9.17) is 4.42 Å². The molecule has 3 heteroatoms. The number of furan rings is 1. The van der Waals surface area contributed by atoms with Gasteiger partial charge in [-0.1, -0.05) is 18.2 Å². The van der Waals surface area contributed by atoms with Crippen LogP contribution in [0.3, 0.4) is 0 Å². The van der Waals surface area contributed by atoms with Crippen LogP contribution in [0, 0.1) is 0 Å². The molecule has 0 spiro atoms. The van der Waals surface area contributed by atoms with Crippen LogP contribution in [0.25, 0.3) is 21.9 Å². The Morgan fingerprint density at radius 3 is 2.48 bits per heavy atom. The van der Waals surface area contributed by atoms with Crippen LogP contribution < -0.4 is 10.6 Å². The minimum absolute atomic E-state index is 0.159. The van der Waals surface area contributed by atoms with E-state index in [1.54, 1.807) is 0 Å². The highest BCUT2D eigenvalue weighted by Gasteiger charge is 2.08. The van der Waals surface area contributed by atoms with E-state index in [-0.39, 0.29) is 5.54 Å². The van der Waals surface area contributed by atoms with E-state index in [0.29, 0.717) is 0 Å². The van der Waals surface area contributed by atoms with E-state index in [9.17, 15) is 0 Å². The average Bonchev–Trinajstić information content (AvgIpc) is 2.81. The zero-order valence-corrected chi connectivity index (χ0v) is 12.9. The minimum Gasteiger partial charge on any atom is -0.456 e. The fourth-order valence-electron chi connectivity index (χ4n) is 2.48. The number of hydrogen-bond acceptors (Lipinski definition) is 3. The van der Waals surface area contributed by atoms with Crippen LogP contribution >= 0.6 is 0 Å². The summed E-state index contributed by atoms with van der Waals surface area (Å²) in [4.78, 5) is 0. The van der Waals surface area contributed by atoms with Gasteiger partial charge in [-0.25, -0.2) is 0 Å². The molecule has 1 heterocycles. The van der Waals surface area contributed by atoms with Crippen molar-refractivity contribution in [1.82, 2.24) is 5.32 Å². The van der Waals surface area contributed by atoms with Gasteiger partial charge in [0.1, 0.15) is 11.2 Å². The summed E-state index contributed by atoms with van der Waals surface area (Å²) in [6.45, 7) is 8.37. The third kappa shape index (κ3) is 3.19. The molecule has 0 radical (unpaired) electrons. The Labute approximate surface area is 125 Å². The topological polar surface area (TPSA) is 37.2 Å². The Morgan fingerprint density at radius 2 is 1.67 bits per heavy atom. The second-order valence-electron chi connectivity index (χ2n) is 6.41. The molecule has 0 fully saturated rings. The largest absolute Gasteiger partial charge is 0.456 e. The average molecular weight is 282 g/mol. The van der Waals surface area contributed by atoms with Crippen molar-refractivity contribution in [2.75, 3.05) is 18.4 Å². The Kier molecular flexibility index (Phi) is 3.60. The Morgan fingerprint density at radius 1 is 0.905 bits per heavy atom. The zero-order chi connectivity index (χ0) is 14.9. The van der Waals surface area contributed by atoms with Crippen molar-refractivity contribution >= 4 is 27.6 Å². The second kappa shape index (κ2) is 5.41. The highest BCUT2D eigenvalue weighted by Crippen LogP contribution is 2.30. The van der Waals surface area contributed by atoms with Crippen molar-refractivity contribution in [3.05, 3.63) is 42.5 Å². The molecule has 110 valence electrons. The first kappa shape index (κ1) is 14.0. The normalized spacial score (nSPS) is 12.1. The highest BCUT2D eigenvalue weighted by molar-refractivity contribution is 6.05. The molecule has 21 heavy (non-hydrogen) atoms. The molecular weight excluding hydrogens is 260 g/mol. The van der Waals surface area contributed by atoms with E-state index in [1.165, 1.54) is 10.8 Å². The smallest absolute Gasteiger partial charge is 0.135 e. The Bertz CT molecular complexity index is 753. The number of nitrogens with one attached hydrogen (secondary N) is 2. The van der Waals surface area contributed by atoms with Gasteiger partial charge < -0.3 is 15.1 Å².